The van der Waals surface area contributed by atoms with Crippen molar-refractivity contribution in [3.63, 3.8) is 0 Å². The molecule has 1 aliphatic rings. The molecule has 0 bridgehead atoms. The van der Waals surface area contributed by atoms with Gasteiger partial charge in [0.1, 0.15) is 36.6 Å². The number of rotatable bonds is 27. The third-order valence-corrected chi connectivity index (χ3v) is 14.1. The van der Waals surface area contributed by atoms with Gasteiger partial charge in [0.15, 0.2) is 53.2 Å². The van der Waals surface area contributed by atoms with Gasteiger partial charge in [-0.2, -0.15) is 0 Å². The summed E-state index contributed by atoms with van der Waals surface area (Å²) in [6, 6.07) is 39.2. The van der Waals surface area contributed by atoms with E-state index in [1.165, 1.54) is 21.3 Å². The Balaban J connectivity index is 1.11. The second kappa shape index (κ2) is 34.8. The van der Waals surface area contributed by atoms with Gasteiger partial charge < -0.3 is 72.8 Å². The van der Waals surface area contributed by atoms with E-state index in [1.807, 2.05) is 127 Å². The fourth-order valence-electron chi connectivity index (χ4n) is 9.98. The number of amides is 6. The SMILES string of the molecule is COc1cc2c(cc1OCCNC(=O)O[C@@H](Cc1ccccc1)NC(=O)OC(C)(C)C)Cc1cc(OC)c(OCCNC(=O)O[C@@H](Cc3ccccc3)NC(=O)OC(C)(C)C)cc1Cc1cc(OC)c(OCCNC(=O)O[C@@H](Cc3ccccc3)NC(=O)OC(C)(C)C)cc1C2. The molecule has 6 aromatic rings. The van der Waals surface area contributed by atoms with Crippen molar-refractivity contribution in [1.29, 1.82) is 0 Å². The topological polar surface area (TPSA) is 285 Å². The molecule has 96 heavy (non-hydrogen) atoms. The Morgan fingerprint density at radius 1 is 0.344 bits per heavy atom. The number of methoxy groups -OCH3 is 3. The molecule has 0 heterocycles. The maximum Gasteiger partial charge on any atom is 0.410 e. The lowest BCUT2D eigenvalue weighted by Crippen LogP contribution is -2.44. The van der Waals surface area contributed by atoms with Crippen LogP contribution in [0.2, 0.25) is 0 Å². The predicted octanol–water partition coefficient (Wildman–Crippen LogP) is 11.4. The van der Waals surface area contributed by atoms with Crippen molar-refractivity contribution in [2.45, 2.75) is 136 Å². The number of ether oxygens (including phenoxy) is 12. The zero-order chi connectivity index (χ0) is 69.4. The lowest BCUT2D eigenvalue weighted by atomic mass is 9.94. The van der Waals surface area contributed by atoms with E-state index < -0.39 is 72.0 Å². The van der Waals surface area contributed by atoms with Crippen molar-refractivity contribution in [1.82, 2.24) is 31.9 Å². The standard InChI is InChI=1S/C72H90N6O18/c1-70(2,3)94-67(82)76-61(34-46-22-16-13-17-23-46)91-64(79)73-28-31-88-58-43-52-37-50-41-56(86-11)60(90-33-30-75-66(81)93-63(36-48-26-20-15-21-27-48)78-69(84)96-72(7,8)9)45-54(50)39-51-42-57(87-12)59(44-53(51)38-49(52)40-55(58)85-10)89-32-29-74-65(80)92-62(35-47-24-18-14-19-25-47)77-68(83)95-71(4,5)6/h13-27,40-45,61-63H,28-39H2,1-12H3,(H,73,79)(H,74,80)(H,75,81)(H,76,82)(H,77,83)(H,78,84)/t61-,62-,63-/m0/s1. The van der Waals surface area contributed by atoms with E-state index in [9.17, 15) is 28.8 Å². The van der Waals surface area contributed by atoms with Crippen LogP contribution in [-0.2, 0) is 66.9 Å². The molecule has 6 N–H and O–H groups in total. The van der Waals surface area contributed by atoms with E-state index in [2.05, 4.69) is 31.9 Å². The summed E-state index contributed by atoms with van der Waals surface area (Å²) in [6.07, 6.45) is -6.09. The van der Waals surface area contributed by atoms with Crippen LogP contribution in [0.25, 0.3) is 0 Å². The molecule has 0 unspecified atom stereocenters. The molecule has 0 spiro atoms. The highest BCUT2D eigenvalue weighted by Gasteiger charge is 2.28. The number of hydrogen-bond acceptors (Lipinski definition) is 18. The van der Waals surface area contributed by atoms with Gasteiger partial charge in [0.25, 0.3) is 0 Å². The summed E-state index contributed by atoms with van der Waals surface area (Å²) < 4.78 is 70.3. The van der Waals surface area contributed by atoms with Gasteiger partial charge in [-0.05, 0) is 168 Å². The lowest BCUT2D eigenvalue weighted by molar-refractivity contribution is 0.0275. The van der Waals surface area contributed by atoms with Crippen LogP contribution < -0.4 is 60.3 Å². The Morgan fingerprint density at radius 3 is 0.792 bits per heavy atom. The Kier molecular flexibility index (Phi) is 26.5. The van der Waals surface area contributed by atoms with Crippen LogP contribution in [0.5, 0.6) is 34.5 Å². The van der Waals surface area contributed by atoms with E-state index >= 15 is 0 Å². The summed E-state index contributed by atoms with van der Waals surface area (Å²) in [5.41, 5.74) is 5.34. The predicted molar refractivity (Wildman–Crippen MR) is 357 cm³/mol. The number of carbonyl (C=O) groups is 6. The highest BCUT2D eigenvalue weighted by atomic mass is 16.6. The first kappa shape index (κ1) is 73.2. The Bertz CT molecular complexity index is 3190. The van der Waals surface area contributed by atoms with E-state index in [0.29, 0.717) is 53.8 Å². The zero-order valence-electron chi connectivity index (χ0n) is 56.7. The second-order valence-electron chi connectivity index (χ2n) is 25.4. The Hall–Kier alpha value is -10.3. The molecule has 0 saturated heterocycles. The van der Waals surface area contributed by atoms with Crippen molar-refractivity contribution in [3.05, 3.63) is 177 Å². The quantitative estimate of drug-likeness (QED) is 0.0158. The minimum Gasteiger partial charge on any atom is -0.493 e. The number of hydrogen-bond donors (Lipinski definition) is 6. The van der Waals surface area contributed by atoms with Crippen LogP contribution in [0.15, 0.2) is 127 Å². The molecule has 7 rings (SSSR count). The smallest absolute Gasteiger partial charge is 0.410 e. The van der Waals surface area contributed by atoms with Crippen molar-refractivity contribution >= 4 is 36.6 Å². The summed E-state index contributed by atoms with van der Waals surface area (Å²) in [5, 5.41) is 16.1. The molecular formula is C72H90N6O18. The molecule has 24 heteroatoms. The molecule has 24 nitrogen and oxygen atoms in total. The number of fused-ring (bicyclic) bond motifs is 3. The summed E-state index contributed by atoms with van der Waals surface area (Å²) >= 11 is 0. The van der Waals surface area contributed by atoms with Gasteiger partial charge in [-0.25, -0.2) is 28.8 Å². The fourth-order valence-corrected chi connectivity index (χ4v) is 9.98. The van der Waals surface area contributed by atoms with Crippen LogP contribution in [-0.4, -0.2) is 133 Å². The average molecular weight is 1330 g/mol. The third kappa shape index (κ3) is 24.9. The molecular weight excluding hydrogens is 1240 g/mol. The maximum atomic E-state index is 13.3. The van der Waals surface area contributed by atoms with Gasteiger partial charge in [-0.1, -0.05) is 91.0 Å². The van der Waals surface area contributed by atoms with Crippen LogP contribution in [0.4, 0.5) is 28.8 Å². The van der Waals surface area contributed by atoms with Gasteiger partial charge >= 0.3 is 36.6 Å². The minimum absolute atomic E-state index is 0.00479. The molecule has 0 fully saturated rings. The van der Waals surface area contributed by atoms with E-state index in [4.69, 9.17) is 56.8 Å². The van der Waals surface area contributed by atoms with Gasteiger partial charge in [-0.15, -0.1) is 0 Å². The molecule has 6 amide bonds. The first-order valence-electron chi connectivity index (χ1n) is 31.6. The van der Waals surface area contributed by atoms with E-state index in [1.54, 1.807) is 62.3 Å². The summed E-state index contributed by atoms with van der Waals surface area (Å²) in [4.78, 5) is 78.2. The first-order valence-corrected chi connectivity index (χ1v) is 31.6. The van der Waals surface area contributed by atoms with Crippen molar-refractivity contribution < 1.29 is 85.6 Å². The molecule has 6 aromatic carbocycles. The van der Waals surface area contributed by atoms with Crippen molar-refractivity contribution in [2.75, 3.05) is 60.8 Å². The van der Waals surface area contributed by atoms with E-state index in [0.717, 1.165) is 50.1 Å². The number of nitrogens with one attached hydrogen (secondary N) is 6. The monoisotopic (exact) mass is 1330 g/mol. The average Bonchev–Trinajstić information content (AvgIpc) is 1.50. The highest BCUT2D eigenvalue weighted by Crippen LogP contribution is 2.41. The molecule has 516 valence electrons. The largest absolute Gasteiger partial charge is 0.493 e. The van der Waals surface area contributed by atoms with Crippen LogP contribution in [0, 0.1) is 0 Å². The van der Waals surface area contributed by atoms with Crippen molar-refractivity contribution in [2.24, 2.45) is 0 Å². The lowest BCUT2D eigenvalue weighted by Gasteiger charge is -2.24. The molecule has 0 aromatic heterocycles. The summed E-state index contributed by atoms with van der Waals surface area (Å²) in [5.74, 6) is 2.43. The van der Waals surface area contributed by atoms with Crippen LogP contribution >= 0.6 is 0 Å². The first-order chi connectivity index (χ1) is 45.7. The maximum absolute atomic E-state index is 13.3. The molecule has 0 saturated carbocycles. The number of alkyl carbamates (subject to hydrolysis) is 6. The fraction of sp³-hybridized carbons (Fsp3) is 0.417. The highest BCUT2D eigenvalue weighted by molar-refractivity contribution is 5.72. The molecule has 0 radical (unpaired) electrons. The Labute approximate surface area is 560 Å². The molecule has 3 atom stereocenters. The van der Waals surface area contributed by atoms with Crippen LogP contribution in [0.3, 0.4) is 0 Å². The van der Waals surface area contributed by atoms with Crippen LogP contribution in [0.1, 0.15) is 112 Å². The zero-order valence-corrected chi connectivity index (χ0v) is 56.7. The molecule has 1 aliphatic carbocycles. The summed E-state index contributed by atoms with van der Waals surface area (Å²) in [6.45, 7) is 15.6. The number of benzene rings is 6. The van der Waals surface area contributed by atoms with Gasteiger partial charge in [-0.3, -0.25) is 16.0 Å². The van der Waals surface area contributed by atoms with Crippen molar-refractivity contribution in [3.8, 4) is 34.5 Å². The Morgan fingerprint density at radius 2 is 0.573 bits per heavy atom. The van der Waals surface area contributed by atoms with E-state index in [-0.39, 0.29) is 58.7 Å². The minimum atomic E-state index is -1.05. The molecule has 0 aliphatic heterocycles. The third-order valence-electron chi connectivity index (χ3n) is 14.1. The summed E-state index contributed by atoms with van der Waals surface area (Å²) in [7, 11) is 4.60. The van der Waals surface area contributed by atoms with Gasteiger partial charge in [0, 0.05) is 19.3 Å². The normalized spacial score (nSPS) is 12.8. The second-order valence-corrected chi connectivity index (χ2v) is 25.4. The van der Waals surface area contributed by atoms with Gasteiger partial charge in [0.2, 0.25) is 0 Å². The van der Waals surface area contributed by atoms with Gasteiger partial charge in [0.05, 0.1) is 41.0 Å². The number of carbonyl (C=O) groups excluding carboxylic acids is 6.